The molecule has 0 N–H and O–H groups in total. The van der Waals surface area contributed by atoms with Crippen molar-refractivity contribution in [2.75, 3.05) is 13.7 Å². The number of hydrogen-bond donors (Lipinski definition) is 0. The summed E-state index contributed by atoms with van der Waals surface area (Å²) >= 11 is 0. The second-order valence-electron chi connectivity index (χ2n) is 6.53. The molecule has 0 spiro atoms. The van der Waals surface area contributed by atoms with Gasteiger partial charge in [-0.3, -0.25) is 4.79 Å². The Balaban J connectivity index is 1.82. The summed E-state index contributed by atoms with van der Waals surface area (Å²) in [5, 5.41) is 1.06. The standard InChI is InChI=1S/C22H23NO4/c1-23-13-19(18-10-6-7-11-20(18)23)17(12-21(24)22(25)26-2)15-27-14-16-8-4-3-5-9-16/h3-11,13,17H,12,14-15H2,1-2H3/t17-/m1/s1. The fourth-order valence-electron chi connectivity index (χ4n) is 3.27. The Hall–Kier alpha value is -2.92. The number of aromatic nitrogens is 1. The van der Waals surface area contributed by atoms with Gasteiger partial charge in [0.1, 0.15) is 0 Å². The lowest BCUT2D eigenvalue weighted by Crippen LogP contribution is -2.20. The van der Waals surface area contributed by atoms with Gasteiger partial charge in [0, 0.05) is 36.5 Å². The molecule has 3 aromatic rings. The third-order valence-electron chi connectivity index (χ3n) is 4.64. The molecule has 0 amide bonds. The van der Waals surface area contributed by atoms with Crippen LogP contribution in [0.5, 0.6) is 0 Å². The van der Waals surface area contributed by atoms with E-state index < -0.39 is 11.8 Å². The zero-order valence-electron chi connectivity index (χ0n) is 15.6. The van der Waals surface area contributed by atoms with Crippen molar-refractivity contribution in [3.8, 4) is 0 Å². The second-order valence-corrected chi connectivity index (χ2v) is 6.53. The van der Waals surface area contributed by atoms with E-state index in [2.05, 4.69) is 4.74 Å². The molecular formula is C22H23NO4. The monoisotopic (exact) mass is 365 g/mol. The van der Waals surface area contributed by atoms with Crippen LogP contribution in [-0.4, -0.2) is 30.0 Å². The topological polar surface area (TPSA) is 57.5 Å². The van der Waals surface area contributed by atoms with E-state index in [1.165, 1.54) is 7.11 Å². The van der Waals surface area contributed by atoms with E-state index in [0.717, 1.165) is 22.0 Å². The average Bonchev–Trinajstić information content (AvgIpc) is 3.04. The number of carbonyl (C=O) groups is 2. The van der Waals surface area contributed by atoms with Crippen LogP contribution in [-0.2, 0) is 32.7 Å². The number of esters is 1. The van der Waals surface area contributed by atoms with Crippen molar-refractivity contribution in [2.45, 2.75) is 18.9 Å². The van der Waals surface area contributed by atoms with E-state index in [9.17, 15) is 9.59 Å². The van der Waals surface area contributed by atoms with Crippen LogP contribution in [0.1, 0.15) is 23.5 Å². The van der Waals surface area contributed by atoms with E-state index in [4.69, 9.17) is 4.74 Å². The first-order chi connectivity index (χ1) is 13.1. The summed E-state index contributed by atoms with van der Waals surface area (Å²) in [6.45, 7) is 0.792. The van der Waals surface area contributed by atoms with Crippen LogP contribution in [0.2, 0.25) is 0 Å². The fraction of sp³-hybridized carbons (Fsp3) is 0.273. The molecule has 27 heavy (non-hydrogen) atoms. The van der Waals surface area contributed by atoms with E-state index in [1.54, 1.807) is 0 Å². The third-order valence-corrected chi connectivity index (χ3v) is 4.64. The van der Waals surface area contributed by atoms with Crippen LogP contribution in [0, 0.1) is 0 Å². The lowest BCUT2D eigenvalue weighted by molar-refractivity contribution is -0.152. The lowest BCUT2D eigenvalue weighted by Gasteiger charge is -2.16. The Bertz CT molecular complexity index is 930. The SMILES string of the molecule is COC(=O)C(=O)C[C@H](COCc1ccccc1)c1cn(C)c2ccccc12. The van der Waals surface area contributed by atoms with Gasteiger partial charge in [-0.1, -0.05) is 48.5 Å². The number of ether oxygens (including phenoxy) is 2. The number of aryl methyl sites for hydroxylation is 1. The molecule has 1 heterocycles. The first kappa shape index (κ1) is 18.9. The molecule has 1 atom stereocenters. The van der Waals surface area contributed by atoms with Gasteiger partial charge in [0.15, 0.2) is 0 Å². The molecule has 0 unspecified atom stereocenters. The Morgan fingerprint density at radius 1 is 1.04 bits per heavy atom. The smallest absolute Gasteiger partial charge is 0.374 e. The number of nitrogens with zero attached hydrogens (tertiary/aromatic N) is 1. The summed E-state index contributed by atoms with van der Waals surface area (Å²) in [5.74, 6) is -1.59. The molecule has 5 nitrogen and oxygen atoms in total. The molecule has 5 heteroatoms. The predicted molar refractivity (Wildman–Crippen MR) is 103 cm³/mol. The summed E-state index contributed by atoms with van der Waals surface area (Å²) in [7, 11) is 3.19. The molecule has 140 valence electrons. The van der Waals surface area contributed by atoms with E-state index in [-0.39, 0.29) is 12.3 Å². The molecule has 0 aliphatic heterocycles. The number of para-hydroxylation sites is 1. The van der Waals surface area contributed by atoms with Gasteiger partial charge in [-0.05, 0) is 17.2 Å². The van der Waals surface area contributed by atoms with Crippen molar-refractivity contribution < 1.29 is 19.1 Å². The molecule has 0 radical (unpaired) electrons. The predicted octanol–water partition coefficient (Wildman–Crippen LogP) is 3.61. The summed E-state index contributed by atoms with van der Waals surface area (Å²) < 4.78 is 12.5. The third kappa shape index (κ3) is 4.44. The van der Waals surface area contributed by atoms with Crippen molar-refractivity contribution in [3.63, 3.8) is 0 Å². The van der Waals surface area contributed by atoms with E-state index in [1.807, 2.05) is 72.4 Å². The first-order valence-electron chi connectivity index (χ1n) is 8.87. The molecule has 3 rings (SSSR count). The highest BCUT2D eigenvalue weighted by Crippen LogP contribution is 2.30. The Morgan fingerprint density at radius 3 is 2.48 bits per heavy atom. The number of rotatable bonds is 8. The number of fused-ring (bicyclic) bond motifs is 1. The summed E-state index contributed by atoms with van der Waals surface area (Å²) in [6, 6.07) is 17.9. The molecule has 2 aromatic carbocycles. The van der Waals surface area contributed by atoms with Crippen LogP contribution in [0.4, 0.5) is 0 Å². The van der Waals surface area contributed by atoms with Crippen molar-refractivity contribution in [3.05, 3.63) is 71.9 Å². The normalized spacial score (nSPS) is 12.1. The van der Waals surface area contributed by atoms with Gasteiger partial charge in [-0.25, -0.2) is 4.79 Å². The molecule has 0 fully saturated rings. The molecule has 0 saturated carbocycles. The van der Waals surface area contributed by atoms with Gasteiger partial charge in [-0.2, -0.15) is 0 Å². The van der Waals surface area contributed by atoms with Crippen LogP contribution >= 0.6 is 0 Å². The maximum absolute atomic E-state index is 12.2. The number of benzene rings is 2. The Labute approximate surface area is 158 Å². The largest absolute Gasteiger partial charge is 0.463 e. The second kappa shape index (κ2) is 8.64. The zero-order chi connectivity index (χ0) is 19.2. The fourth-order valence-corrected chi connectivity index (χ4v) is 3.27. The van der Waals surface area contributed by atoms with Gasteiger partial charge in [0.25, 0.3) is 0 Å². The van der Waals surface area contributed by atoms with Gasteiger partial charge < -0.3 is 14.0 Å². The van der Waals surface area contributed by atoms with Gasteiger partial charge in [-0.15, -0.1) is 0 Å². The minimum Gasteiger partial charge on any atom is -0.463 e. The Morgan fingerprint density at radius 2 is 1.74 bits per heavy atom. The quantitative estimate of drug-likeness (QED) is 0.452. The van der Waals surface area contributed by atoms with Crippen LogP contribution in [0.15, 0.2) is 60.8 Å². The van der Waals surface area contributed by atoms with Crippen molar-refractivity contribution in [1.29, 1.82) is 0 Å². The van der Waals surface area contributed by atoms with Crippen molar-refractivity contribution in [1.82, 2.24) is 4.57 Å². The van der Waals surface area contributed by atoms with Gasteiger partial charge >= 0.3 is 5.97 Å². The van der Waals surface area contributed by atoms with Crippen LogP contribution in [0.25, 0.3) is 10.9 Å². The minimum absolute atomic E-state index is 0.0511. The van der Waals surface area contributed by atoms with Gasteiger partial charge in [0.05, 0.1) is 20.3 Å². The van der Waals surface area contributed by atoms with Gasteiger partial charge in [0.2, 0.25) is 5.78 Å². The molecule has 0 saturated heterocycles. The number of hydrogen-bond acceptors (Lipinski definition) is 4. The minimum atomic E-state index is -0.816. The maximum Gasteiger partial charge on any atom is 0.374 e. The Kier molecular flexibility index (Phi) is 6.04. The number of Topliss-reactive ketones (excluding diaryl/α,β-unsaturated/α-hetero) is 1. The molecular weight excluding hydrogens is 342 g/mol. The number of carbonyl (C=O) groups excluding carboxylic acids is 2. The van der Waals surface area contributed by atoms with E-state index in [0.29, 0.717) is 13.2 Å². The highest BCUT2D eigenvalue weighted by atomic mass is 16.5. The summed E-state index contributed by atoms with van der Waals surface area (Å²) in [6.07, 6.45) is 2.06. The van der Waals surface area contributed by atoms with Crippen LogP contribution in [0.3, 0.4) is 0 Å². The molecule has 0 aliphatic carbocycles. The maximum atomic E-state index is 12.2. The number of methoxy groups -OCH3 is 1. The number of ketones is 1. The highest BCUT2D eigenvalue weighted by molar-refractivity contribution is 6.33. The average molecular weight is 365 g/mol. The molecule has 1 aromatic heterocycles. The van der Waals surface area contributed by atoms with Crippen molar-refractivity contribution >= 4 is 22.7 Å². The first-order valence-corrected chi connectivity index (χ1v) is 8.87. The molecule has 0 bridgehead atoms. The van der Waals surface area contributed by atoms with Crippen LogP contribution < -0.4 is 0 Å². The zero-order valence-corrected chi connectivity index (χ0v) is 15.6. The molecule has 0 aliphatic rings. The summed E-state index contributed by atoms with van der Waals surface area (Å²) in [4.78, 5) is 23.8. The summed E-state index contributed by atoms with van der Waals surface area (Å²) in [5.41, 5.74) is 3.14. The van der Waals surface area contributed by atoms with E-state index >= 15 is 0 Å². The lowest BCUT2D eigenvalue weighted by atomic mass is 9.94. The highest BCUT2D eigenvalue weighted by Gasteiger charge is 2.24. The van der Waals surface area contributed by atoms with Crippen molar-refractivity contribution in [2.24, 2.45) is 7.05 Å².